The molecule has 0 saturated carbocycles. The second-order valence-corrected chi connectivity index (χ2v) is 11.0. The van der Waals surface area contributed by atoms with Crippen molar-refractivity contribution in [2.24, 2.45) is 11.8 Å². The number of hydrogen-bond acceptors (Lipinski definition) is 5. The van der Waals surface area contributed by atoms with Crippen LogP contribution in [0.1, 0.15) is 43.1 Å². The van der Waals surface area contributed by atoms with E-state index in [0.29, 0.717) is 31.5 Å². The van der Waals surface area contributed by atoms with E-state index < -0.39 is 22.1 Å². The molecule has 0 radical (unpaired) electrons. The van der Waals surface area contributed by atoms with Crippen LogP contribution >= 0.6 is 0 Å². The lowest BCUT2D eigenvalue weighted by Gasteiger charge is -2.34. The van der Waals surface area contributed by atoms with Crippen LogP contribution in [0.3, 0.4) is 0 Å². The maximum absolute atomic E-state index is 13.0. The van der Waals surface area contributed by atoms with Crippen LogP contribution in [0, 0.1) is 11.8 Å². The third kappa shape index (κ3) is 6.21. The zero-order chi connectivity index (χ0) is 24.2. The van der Waals surface area contributed by atoms with Crippen LogP contribution < -0.4 is 0 Å². The molecule has 0 bridgehead atoms. The van der Waals surface area contributed by atoms with Gasteiger partial charge >= 0.3 is 5.97 Å². The largest absolute Gasteiger partial charge is 0.449 e. The van der Waals surface area contributed by atoms with Crippen molar-refractivity contribution in [3.8, 4) is 0 Å². The van der Waals surface area contributed by atoms with Gasteiger partial charge in [0.25, 0.3) is 5.91 Å². The van der Waals surface area contributed by atoms with Gasteiger partial charge in [0, 0.05) is 26.7 Å². The van der Waals surface area contributed by atoms with Gasteiger partial charge in [-0.05, 0) is 55.0 Å². The number of benzene rings is 2. The number of carbonyl (C=O) groups excluding carboxylic acids is 2. The predicted octanol–water partition coefficient (Wildman–Crippen LogP) is 3.56. The van der Waals surface area contributed by atoms with E-state index in [2.05, 4.69) is 13.8 Å². The van der Waals surface area contributed by atoms with E-state index in [1.807, 2.05) is 30.3 Å². The summed E-state index contributed by atoms with van der Waals surface area (Å²) < 4.78 is 32.9. The highest BCUT2D eigenvalue weighted by atomic mass is 32.2. The molecule has 3 unspecified atom stereocenters. The first-order chi connectivity index (χ1) is 15.6. The van der Waals surface area contributed by atoms with Crippen molar-refractivity contribution < 1.29 is 22.7 Å². The van der Waals surface area contributed by atoms with Crippen molar-refractivity contribution >= 4 is 21.9 Å². The second kappa shape index (κ2) is 10.5. The number of carbonyl (C=O) groups is 2. The Kier molecular flexibility index (Phi) is 7.92. The minimum atomic E-state index is -3.63. The number of ether oxygens (including phenoxy) is 1. The van der Waals surface area contributed by atoms with Gasteiger partial charge in [-0.2, -0.15) is 4.31 Å². The molecule has 33 heavy (non-hydrogen) atoms. The van der Waals surface area contributed by atoms with Gasteiger partial charge in [-0.3, -0.25) is 4.79 Å². The van der Waals surface area contributed by atoms with Crippen LogP contribution in [-0.2, 0) is 26.1 Å². The summed E-state index contributed by atoms with van der Waals surface area (Å²) >= 11 is 0. The Morgan fingerprint density at radius 2 is 1.61 bits per heavy atom. The fourth-order valence-corrected chi connectivity index (χ4v) is 5.92. The van der Waals surface area contributed by atoms with Crippen molar-refractivity contribution in [1.82, 2.24) is 9.21 Å². The third-order valence-corrected chi connectivity index (χ3v) is 7.68. The van der Waals surface area contributed by atoms with Crippen LogP contribution in [0.25, 0.3) is 0 Å². The molecule has 0 N–H and O–H groups in total. The molecule has 0 aromatic heterocycles. The van der Waals surface area contributed by atoms with E-state index in [1.165, 1.54) is 40.4 Å². The van der Waals surface area contributed by atoms with E-state index in [9.17, 15) is 18.0 Å². The van der Waals surface area contributed by atoms with Crippen LogP contribution in [0.4, 0.5) is 0 Å². The lowest BCUT2D eigenvalue weighted by atomic mass is 9.94. The minimum Gasteiger partial charge on any atom is -0.449 e. The van der Waals surface area contributed by atoms with Gasteiger partial charge in [0.1, 0.15) is 0 Å². The first-order valence-corrected chi connectivity index (χ1v) is 12.6. The molecular formula is C25H32N2O5S. The zero-order valence-electron chi connectivity index (χ0n) is 19.6. The number of hydrogen-bond donors (Lipinski definition) is 0. The fourth-order valence-electron chi connectivity index (χ4n) is 4.24. The number of esters is 1. The molecule has 7 nitrogen and oxygen atoms in total. The smallest absolute Gasteiger partial charge is 0.338 e. The summed E-state index contributed by atoms with van der Waals surface area (Å²) in [6.45, 7) is 7.02. The SMILES string of the molecule is CC1CC(C)CN(S(=O)(=O)c2ccc(C(=O)OC(C)C(=O)N(C)Cc3ccccc3)cc2)C1. The van der Waals surface area contributed by atoms with Gasteiger partial charge in [0.2, 0.25) is 10.0 Å². The molecule has 1 heterocycles. The second-order valence-electron chi connectivity index (χ2n) is 9.02. The van der Waals surface area contributed by atoms with Gasteiger partial charge in [0.05, 0.1) is 10.5 Å². The highest BCUT2D eigenvalue weighted by molar-refractivity contribution is 7.89. The highest BCUT2D eigenvalue weighted by Gasteiger charge is 2.32. The maximum atomic E-state index is 13.0. The molecule has 8 heteroatoms. The first-order valence-electron chi connectivity index (χ1n) is 11.2. The molecule has 2 aromatic rings. The monoisotopic (exact) mass is 472 g/mol. The molecule has 1 fully saturated rings. The standard InChI is InChI=1S/C25H32N2O5S/c1-18-14-19(2)16-27(15-18)33(30,31)23-12-10-22(11-13-23)25(29)32-20(3)24(28)26(4)17-21-8-6-5-7-9-21/h5-13,18-20H,14-17H2,1-4H3. The third-order valence-electron chi connectivity index (χ3n) is 5.83. The maximum Gasteiger partial charge on any atom is 0.338 e. The predicted molar refractivity (Wildman–Crippen MR) is 126 cm³/mol. The number of rotatable bonds is 7. The number of nitrogens with zero attached hydrogens (tertiary/aromatic N) is 2. The summed E-state index contributed by atoms with van der Waals surface area (Å²) in [5.41, 5.74) is 1.17. The molecule has 3 rings (SSSR count). The lowest BCUT2D eigenvalue weighted by molar-refractivity contribution is -0.139. The van der Waals surface area contributed by atoms with Crippen LogP contribution in [0.15, 0.2) is 59.5 Å². The van der Waals surface area contributed by atoms with Crippen molar-refractivity contribution in [1.29, 1.82) is 0 Å². The summed E-state index contributed by atoms with van der Waals surface area (Å²) in [5.74, 6) is -0.387. The Morgan fingerprint density at radius 3 is 2.18 bits per heavy atom. The average Bonchev–Trinajstić information content (AvgIpc) is 2.78. The molecule has 1 saturated heterocycles. The normalized spacial score (nSPS) is 20.1. The highest BCUT2D eigenvalue weighted by Crippen LogP contribution is 2.27. The molecule has 0 aliphatic carbocycles. The summed E-state index contributed by atoms with van der Waals surface area (Å²) in [7, 11) is -1.97. The number of amides is 1. The van der Waals surface area contributed by atoms with Gasteiger partial charge in [-0.15, -0.1) is 0 Å². The molecular weight excluding hydrogens is 440 g/mol. The van der Waals surface area contributed by atoms with E-state index in [1.54, 1.807) is 7.05 Å². The topological polar surface area (TPSA) is 84.0 Å². The molecule has 3 atom stereocenters. The van der Waals surface area contributed by atoms with E-state index in [4.69, 9.17) is 4.74 Å². The van der Waals surface area contributed by atoms with Gasteiger partial charge in [0.15, 0.2) is 6.10 Å². The lowest BCUT2D eigenvalue weighted by Crippen LogP contribution is -2.42. The number of piperidine rings is 1. The first kappa shape index (κ1) is 24.9. The number of sulfonamides is 1. The van der Waals surface area contributed by atoms with Crippen LogP contribution in [0.2, 0.25) is 0 Å². The Labute approximate surface area is 196 Å². The van der Waals surface area contributed by atoms with Crippen LogP contribution in [-0.4, -0.2) is 55.7 Å². The van der Waals surface area contributed by atoms with Gasteiger partial charge < -0.3 is 9.64 Å². The molecule has 1 aliphatic heterocycles. The Hall–Kier alpha value is -2.71. The average molecular weight is 473 g/mol. The molecule has 178 valence electrons. The number of likely N-dealkylation sites (N-methyl/N-ethyl adjacent to an activating group) is 1. The van der Waals surface area contributed by atoms with E-state index in [0.717, 1.165) is 12.0 Å². The molecule has 2 aromatic carbocycles. The Balaban J connectivity index is 1.62. The quantitative estimate of drug-likeness (QED) is 0.576. The fraction of sp³-hybridized carbons (Fsp3) is 0.440. The van der Waals surface area contributed by atoms with Crippen molar-refractivity contribution in [3.63, 3.8) is 0 Å². The van der Waals surface area contributed by atoms with E-state index in [-0.39, 0.29) is 16.4 Å². The Bertz CT molecular complexity index is 1060. The van der Waals surface area contributed by atoms with Crippen molar-refractivity contribution in [2.75, 3.05) is 20.1 Å². The summed E-state index contributed by atoms with van der Waals surface area (Å²) in [6.07, 6.45) is 0.0415. The molecule has 0 spiro atoms. The molecule has 1 amide bonds. The summed E-state index contributed by atoms with van der Waals surface area (Å²) in [6, 6.07) is 15.2. The van der Waals surface area contributed by atoms with Crippen molar-refractivity contribution in [3.05, 3.63) is 65.7 Å². The minimum absolute atomic E-state index is 0.145. The summed E-state index contributed by atoms with van der Waals surface area (Å²) in [5, 5.41) is 0. The molecule has 1 aliphatic rings. The van der Waals surface area contributed by atoms with Crippen molar-refractivity contribution in [2.45, 2.75) is 44.7 Å². The summed E-state index contributed by atoms with van der Waals surface area (Å²) in [4.78, 5) is 26.8. The van der Waals surface area contributed by atoms with E-state index >= 15 is 0 Å². The van der Waals surface area contributed by atoms with Gasteiger partial charge in [-0.1, -0.05) is 44.2 Å². The zero-order valence-corrected chi connectivity index (χ0v) is 20.4. The van der Waals surface area contributed by atoms with Gasteiger partial charge in [-0.25, -0.2) is 13.2 Å². The Morgan fingerprint density at radius 1 is 1.03 bits per heavy atom. The van der Waals surface area contributed by atoms with Crippen LogP contribution in [0.5, 0.6) is 0 Å².